The highest BCUT2D eigenvalue weighted by atomic mass is 19.3. The molecule has 0 aliphatic carbocycles. The molecule has 0 bridgehead atoms. The van der Waals surface area contributed by atoms with Crippen LogP contribution in [0.2, 0.25) is 0 Å². The Kier molecular flexibility index (Phi) is 7.58. The van der Waals surface area contributed by atoms with E-state index < -0.39 is 53.4 Å². The molecule has 6 rings (SSSR count). The Labute approximate surface area is 260 Å². The number of nitrogens with one attached hydrogen (secondary N) is 2. The predicted molar refractivity (Wildman–Crippen MR) is 159 cm³/mol. The van der Waals surface area contributed by atoms with Crippen molar-refractivity contribution in [2.45, 2.75) is 50.7 Å². The molecule has 238 valence electrons. The Morgan fingerprint density at radius 2 is 1.93 bits per heavy atom. The first-order valence-corrected chi connectivity index (χ1v) is 14.6. The monoisotopic (exact) mass is 635 g/mol. The van der Waals surface area contributed by atoms with Crippen molar-refractivity contribution in [3.63, 3.8) is 0 Å². The number of nitriles is 1. The first kappa shape index (κ1) is 30.8. The van der Waals surface area contributed by atoms with Crippen molar-refractivity contribution in [3.05, 3.63) is 71.6 Å². The number of carbonyl (C=O) groups is 3. The van der Waals surface area contributed by atoms with Gasteiger partial charge in [0.25, 0.3) is 5.91 Å². The number of hydrogen-bond acceptors (Lipinski definition) is 5. The number of aromatic nitrogens is 3. The summed E-state index contributed by atoms with van der Waals surface area (Å²) in [6.45, 7) is 0.743. The Hall–Kier alpha value is -5.19. The van der Waals surface area contributed by atoms with Gasteiger partial charge in [-0.2, -0.15) is 19.1 Å². The highest BCUT2D eigenvalue weighted by Gasteiger charge is 2.57. The molecule has 2 aromatic carbocycles. The van der Waals surface area contributed by atoms with E-state index in [1.54, 1.807) is 18.2 Å². The van der Waals surface area contributed by atoms with Gasteiger partial charge in [0.05, 0.1) is 22.7 Å². The third kappa shape index (κ3) is 5.05. The molecular weight excluding hydrogens is 606 g/mol. The number of hydrogen-bond donors (Lipinski definition) is 2. The quantitative estimate of drug-likeness (QED) is 0.270. The van der Waals surface area contributed by atoms with E-state index in [0.29, 0.717) is 27.6 Å². The van der Waals surface area contributed by atoms with Gasteiger partial charge in [0.2, 0.25) is 11.8 Å². The molecule has 1 saturated heterocycles. The minimum atomic E-state index is -2.83. The number of amides is 3. The fourth-order valence-electron chi connectivity index (χ4n) is 6.46. The van der Waals surface area contributed by atoms with Gasteiger partial charge in [0.15, 0.2) is 0 Å². The van der Waals surface area contributed by atoms with Gasteiger partial charge >= 0.3 is 6.55 Å². The molecule has 3 atom stereocenters. The highest BCUT2D eigenvalue weighted by Crippen LogP contribution is 2.48. The fourth-order valence-corrected chi connectivity index (χ4v) is 6.46. The highest BCUT2D eigenvalue weighted by molar-refractivity contribution is 6.08. The van der Waals surface area contributed by atoms with Gasteiger partial charge in [0, 0.05) is 48.9 Å². The van der Waals surface area contributed by atoms with Gasteiger partial charge in [-0.1, -0.05) is 19.9 Å². The van der Waals surface area contributed by atoms with Crippen molar-refractivity contribution in [1.29, 1.82) is 5.26 Å². The summed E-state index contributed by atoms with van der Waals surface area (Å²) < 4.78 is 55.0. The number of benzene rings is 2. The zero-order chi connectivity index (χ0) is 33.1. The van der Waals surface area contributed by atoms with E-state index in [-0.39, 0.29) is 47.6 Å². The topological polar surface area (TPSA) is 127 Å². The van der Waals surface area contributed by atoms with E-state index >= 15 is 0 Å². The third-order valence-electron chi connectivity index (χ3n) is 8.76. The van der Waals surface area contributed by atoms with Crippen molar-refractivity contribution in [3.8, 4) is 17.3 Å². The molecule has 2 N–H and O–H groups in total. The fraction of sp³-hybridized carbons (Fsp3) is 0.344. The van der Waals surface area contributed by atoms with Crippen LogP contribution in [-0.2, 0) is 15.0 Å². The summed E-state index contributed by atoms with van der Waals surface area (Å²) in [5.41, 5.74) is 0.441. The average Bonchev–Trinajstić information content (AvgIpc) is 3.80. The molecule has 2 aliphatic heterocycles. The molecule has 46 heavy (non-hydrogen) atoms. The SMILES string of the molecule is CC(C)C[C@@H](C(=O)N1C[C@]2(C[C@H]1C#N)C(=O)Nc1ccc(-c3ccn(C(F)F)n3)cc12)N(C)C(=O)c1cc2c(F)cc(F)cc2[nH]1. The molecule has 0 saturated carbocycles. The van der Waals surface area contributed by atoms with Crippen molar-refractivity contribution in [2.24, 2.45) is 5.92 Å². The van der Waals surface area contributed by atoms with Crippen LogP contribution in [-0.4, -0.2) is 68.0 Å². The zero-order valence-electron chi connectivity index (χ0n) is 25.0. The lowest BCUT2D eigenvalue weighted by atomic mass is 9.79. The first-order chi connectivity index (χ1) is 21.8. The number of halogens is 4. The molecule has 1 spiro atoms. The van der Waals surface area contributed by atoms with E-state index in [2.05, 4.69) is 21.5 Å². The van der Waals surface area contributed by atoms with Crippen LogP contribution >= 0.6 is 0 Å². The maximum absolute atomic E-state index is 14.4. The second-order valence-electron chi connectivity index (χ2n) is 12.2. The predicted octanol–water partition coefficient (Wildman–Crippen LogP) is 5.21. The Morgan fingerprint density at radius 1 is 1.17 bits per heavy atom. The molecule has 0 unspecified atom stereocenters. The molecule has 2 aliphatic rings. The third-order valence-corrected chi connectivity index (χ3v) is 8.76. The number of likely N-dealkylation sites (tertiary alicyclic amines) is 1. The summed E-state index contributed by atoms with van der Waals surface area (Å²) in [4.78, 5) is 46.6. The lowest BCUT2D eigenvalue weighted by Gasteiger charge is -2.33. The number of aromatic amines is 1. The molecule has 4 heterocycles. The van der Waals surface area contributed by atoms with Crippen LogP contribution in [0.1, 0.15) is 49.3 Å². The summed E-state index contributed by atoms with van der Waals surface area (Å²) in [5.74, 6) is -3.33. The van der Waals surface area contributed by atoms with Gasteiger partial charge in [-0.3, -0.25) is 14.4 Å². The first-order valence-electron chi connectivity index (χ1n) is 14.6. The van der Waals surface area contributed by atoms with Gasteiger partial charge < -0.3 is 20.1 Å². The molecule has 3 amide bonds. The van der Waals surface area contributed by atoms with Crippen molar-refractivity contribution in [2.75, 3.05) is 18.9 Å². The average molecular weight is 636 g/mol. The van der Waals surface area contributed by atoms with Crippen LogP contribution in [0.5, 0.6) is 0 Å². The number of nitrogens with zero attached hydrogens (tertiary/aromatic N) is 5. The van der Waals surface area contributed by atoms with Gasteiger partial charge in [-0.25, -0.2) is 13.5 Å². The van der Waals surface area contributed by atoms with Crippen molar-refractivity contribution in [1.82, 2.24) is 24.6 Å². The molecule has 2 aromatic heterocycles. The lowest BCUT2D eigenvalue weighted by Crippen LogP contribution is -2.52. The number of fused-ring (bicyclic) bond motifs is 3. The summed E-state index contributed by atoms with van der Waals surface area (Å²) in [5, 5.41) is 16.9. The maximum Gasteiger partial charge on any atom is 0.333 e. The Morgan fingerprint density at radius 3 is 2.61 bits per heavy atom. The van der Waals surface area contributed by atoms with E-state index in [0.717, 1.165) is 12.3 Å². The summed E-state index contributed by atoms with van der Waals surface area (Å²) in [6.07, 6.45) is 1.33. The number of alkyl halides is 2. The number of anilines is 1. The van der Waals surface area contributed by atoms with Gasteiger partial charge in [0.1, 0.15) is 29.4 Å². The summed E-state index contributed by atoms with van der Waals surface area (Å²) in [7, 11) is 1.42. The second kappa shape index (κ2) is 11.3. The Bertz CT molecular complexity index is 1930. The van der Waals surface area contributed by atoms with Gasteiger partial charge in [-0.15, -0.1) is 0 Å². The van der Waals surface area contributed by atoms with Crippen LogP contribution < -0.4 is 5.32 Å². The van der Waals surface area contributed by atoms with E-state index in [4.69, 9.17) is 0 Å². The Balaban J connectivity index is 1.32. The van der Waals surface area contributed by atoms with Crippen LogP contribution in [0.4, 0.5) is 23.2 Å². The molecule has 10 nitrogen and oxygen atoms in total. The van der Waals surface area contributed by atoms with Crippen LogP contribution in [0.3, 0.4) is 0 Å². The van der Waals surface area contributed by atoms with Crippen LogP contribution in [0.15, 0.2) is 48.7 Å². The number of carbonyl (C=O) groups excluding carboxylic acids is 3. The minimum absolute atomic E-state index is 0.0159. The van der Waals surface area contributed by atoms with Gasteiger partial charge in [-0.05, 0) is 48.2 Å². The lowest BCUT2D eigenvalue weighted by molar-refractivity contribution is -0.136. The molecular formula is C32H29F4N7O3. The largest absolute Gasteiger partial charge is 0.350 e. The zero-order valence-corrected chi connectivity index (χ0v) is 25.0. The van der Waals surface area contributed by atoms with Crippen LogP contribution in [0.25, 0.3) is 22.2 Å². The molecule has 4 aromatic rings. The smallest absolute Gasteiger partial charge is 0.333 e. The van der Waals surface area contributed by atoms with Crippen molar-refractivity contribution < 1.29 is 31.9 Å². The second-order valence-corrected chi connectivity index (χ2v) is 12.2. The summed E-state index contributed by atoms with van der Waals surface area (Å²) >= 11 is 0. The minimum Gasteiger partial charge on any atom is -0.350 e. The normalized spacial score (nSPS) is 19.6. The number of rotatable bonds is 7. The van der Waals surface area contributed by atoms with Crippen molar-refractivity contribution >= 4 is 34.3 Å². The molecule has 0 radical (unpaired) electrons. The molecule has 14 heteroatoms. The standard InChI is InChI=1S/C32H29F4N7O3/c1-16(2)8-27(41(3)28(44)26-12-20-22(34)10-18(33)11-25(20)38-26)29(45)42-15-32(13-19(42)14-37)21-9-17(4-5-24(21)39-30(32)46)23-6-7-43(40-23)31(35)36/h4-7,9-12,16,19,27,31,38H,8,13,15H2,1-3H3,(H,39,46)/t19-,27-,32-/m0/s1. The number of likely N-dealkylation sites (N-methyl/N-ethyl adjacent to an activating group) is 1. The van der Waals surface area contributed by atoms with E-state index in [1.807, 2.05) is 13.8 Å². The molecule has 1 fully saturated rings. The van der Waals surface area contributed by atoms with E-state index in [9.17, 15) is 37.2 Å². The van der Waals surface area contributed by atoms with E-state index in [1.165, 1.54) is 29.0 Å². The van der Waals surface area contributed by atoms with Crippen LogP contribution in [0, 0.1) is 28.9 Å². The maximum atomic E-state index is 14.4. The number of H-pyrrole nitrogens is 1. The summed E-state index contributed by atoms with van der Waals surface area (Å²) in [6, 6.07) is 9.44.